The van der Waals surface area contributed by atoms with Gasteiger partial charge in [0.1, 0.15) is 5.57 Å². The number of carbonyl (C=O) groups excluding carboxylic acids is 3. The van der Waals surface area contributed by atoms with E-state index < -0.39 is 22.8 Å². The van der Waals surface area contributed by atoms with E-state index in [2.05, 4.69) is 21.2 Å². The van der Waals surface area contributed by atoms with E-state index in [1.54, 1.807) is 25.1 Å². The summed E-state index contributed by atoms with van der Waals surface area (Å²) < 4.78 is 0.805. The highest BCUT2D eigenvalue weighted by molar-refractivity contribution is 9.10. The van der Waals surface area contributed by atoms with Gasteiger partial charge >= 0.3 is 6.03 Å². The van der Waals surface area contributed by atoms with Crippen molar-refractivity contribution in [2.24, 2.45) is 0 Å². The summed E-state index contributed by atoms with van der Waals surface area (Å²) in [6.07, 6.45) is 1.22. The van der Waals surface area contributed by atoms with E-state index in [1.807, 2.05) is 0 Å². The predicted octanol–water partition coefficient (Wildman–Crippen LogP) is 3.33. The highest BCUT2D eigenvalue weighted by Gasteiger charge is 2.36. The van der Waals surface area contributed by atoms with Crippen molar-refractivity contribution in [3.63, 3.8) is 0 Å². The van der Waals surface area contributed by atoms with Gasteiger partial charge in [0.05, 0.1) is 10.6 Å². The Labute approximate surface area is 161 Å². The number of nitrogens with zero attached hydrogens (tertiary/aromatic N) is 2. The first-order valence-electron chi connectivity index (χ1n) is 7.70. The third-order valence-corrected chi connectivity index (χ3v) is 4.78. The molecule has 0 aromatic heterocycles. The van der Waals surface area contributed by atoms with Crippen molar-refractivity contribution >= 4 is 51.2 Å². The fraction of sp³-hybridized carbons (Fsp3) is 0.0556. The Bertz CT molecular complexity index is 1030. The molecule has 1 heterocycles. The van der Waals surface area contributed by atoms with Crippen molar-refractivity contribution in [2.45, 2.75) is 6.92 Å². The van der Waals surface area contributed by atoms with Crippen molar-refractivity contribution in [3.05, 3.63) is 73.8 Å². The van der Waals surface area contributed by atoms with Crippen molar-refractivity contribution in [1.29, 1.82) is 0 Å². The molecule has 1 aliphatic rings. The largest absolute Gasteiger partial charge is 0.335 e. The summed E-state index contributed by atoms with van der Waals surface area (Å²) in [6.45, 7) is 1.80. The molecule has 0 radical (unpaired) electrons. The summed E-state index contributed by atoms with van der Waals surface area (Å²) in [5.74, 6) is -1.67. The summed E-state index contributed by atoms with van der Waals surface area (Å²) in [4.78, 5) is 48.3. The maximum Gasteiger partial charge on any atom is 0.335 e. The normalized spacial score (nSPS) is 15.9. The number of hydrogen-bond acceptors (Lipinski definition) is 5. The maximum atomic E-state index is 12.8. The number of urea groups is 1. The van der Waals surface area contributed by atoms with Crippen LogP contribution in [0.15, 0.2) is 52.5 Å². The Morgan fingerprint density at radius 3 is 2.56 bits per heavy atom. The average molecular weight is 430 g/mol. The first-order valence-corrected chi connectivity index (χ1v) is 8.49. The van der Waals surface area contributed by atoms with Crippen LogP contribution in [-0.4, -0.2) is 22.8 Å². The van der Waals surface area contributed by atoms with Crippen LogP contribution in [-0.2, 0) is 9.59 Å². The van der Waals surface area contributed by atoms with Gasteiger partial charge in [0.2, 0.25) is 0 Å². The summed E-state index contributed by atoms with van der Waals surface area (Å²) >= 11 is 3.34. The molecule has 0 atom stereocenters. The second-order valence-corrected chi connectivity index (χ2v) is 6.60. The zero-order chi connectivity index (χ0) is 19.7. The first-order chi connectivity index (χ1) is 12.8. The third kappa shape index (κ3) is 3.63. The molecule has 1 N–H and O–H groups in total. The van der Waals surface area contributed by atoms with Gasteiger partial charge in [-0.05, 0) is 42.3 Å². The highest BCUT2D eigenvalue weighted by atomic mass is 79.9. The highest BCUT2D eigenvalue weighted by Crippen LogP contribution is 2.26. The van der Waals surface area contributed by atoms with Crippen LogP contribution in [0.3, 0.4) is 0 Å². The average Bonchev–Trinajstić information content (AvgIpc) is 2.61. The number of nitrogens with one attached hydrogen (secondary N) is 1. The molecule has 1 aliphatic heterocycles. The Morgan fingerprint density at radius 2 is 1.89 bits per heavy atom. The smallest absolute Gasteiger partial charge is 0.273 e. The first kappa shape index (κ1) is 18.5. The van der Waals surface area contributed by atoms with Crippen LogP contribution < -0.4 is 10.2 Å². The van der Waals surface area contributed by atoms with Gasteiger partial charge in [0.15, 0.2) is 0 Å². The van der Waals surface area contributed by atoms with E-state index in [0.717, 1.165) is 14.9 Å². The minimum atomic E-state index is -0.860. The van der Waals surface area contributed by atoms with Gasteiger partial charge in [-0.1, -0.05) is 28.1 Å². The van der Waals surface area contributed by atoms with Crippen LogP contribution in [0.5, 0.6) is 0 Å². The van der Waals surface area contributed by atoms with E-state index >= 15 is 0 Å². The van der Waals surface area contributed by atoms with Gasteiger partial charge < -0.3 is 0 Å². The zero-order valence-electron chi connectivity index (χ0n) is 13.9. The molecule has 27 heavy (non-hydrogen) atoms. The van der Waals surface area contributed by atoms with Crippen LogP contribution in [0, 0.1) is 17.0 Å². The monoisotopic (exact) mass is 429 g/mol. The second-order valence-electron chi connectivity index (χ2n) is 5.74. The lowest BCUT2D eigenvalue weighted by Gasteiger charge is -2.26. The lowest BCUT2D eigenvalue weighted by molar-refractivity contribution is -0.384. The standard InChI is InChI=1S/C18H12BrN3O5/c1-10-7-12(5-6-15(10)19)21-17(24)14(16(23)20-18(21)25)9-11-3-2-4-13(8-11)22(26)27/h2-9H,1H3,(H,20,23,25)/b14-9+. The quantitative estimate of drug-likeness (QED) is 0.348. The molecule has 136 valence electrons. The Kier molecular flexibility index (Phi) is 4.87. The molecule has 0 spiro atoms. The van der Waals surface area contributed by atoms with Gasteiger partial charge in [-0.15, -0.1) is 0 Å². The van der Waals surface area contributed by atoms with Crippen molar-refractivity contribution in [1.82, 2.24) is 5.32 Å². The van der Waals surface area contributed by atoms with E-state index in [9.17, 15) is 24.5 Å². The number of anilines is 1. The second kappa shape index (κ2) is 7.12. The topological polar surface area (TPSA) is 110 Å². The minimum absolute atomic E-state index is 0.176. The molecule has 0 unspecified atom stereocenters. The van der Waals surface area contributed by atoms with E-state index in [1.165, 1.54) is 30.3 Å². The van der Waals surface area contributed by atoms with Gasteiger partial charge in [-0.3, -0.25) is 25.0 Å². The summed E-state index contributed by atoms with van der Waals surface area (Å²) in [5.41, 5.74) is 0.925. The van der Waals surface area contributed by atoms with Crippen LogP contribution >= 0.6 is 15.9 Å². The molecule has 0 aliphatic carbocycles. The van der Waals surface area contributed by atoms with Gasteiger partial charge in [0.25, 0.3) is 17.5 Å². The van der Waals surface area contributed by atoms with Crippen LogP contribution in [0.2, 0.25) is 0 Å². The number of carbonyl (C=O) groups is 3. The van der Waals surface area contributed by atoms with Gasteiger partial charge in [-0.2, -0.15) is 0 Å². The molecule has 2 aromatic rings. The summed E-state index contributed by atoms with van der Waals surface area (Å²) in [7, 11) is 0. The molecule has 0 saturated carbocycles. The number of barbiturate groups is 1. The minimum Gasteiger partial charge on any atom is -0.273 e. The lowest BCUT2D eigenvalue weighted by atomic mass is 10.1. The SMILES string of the molecule is Cc1cc(N2C(=O)NC(=O)/C(=C\c3cccc([N+](=O)[O-])c3)C2=O)ccc1Br. The lowest BCUT2D eigenvalue weighted by Crippen LogP contribution is -2.54. The number of aryl methyl sites for hydroxylation is 1. The molecule has 3 rings (SSSR count). The molecular weight excluding hydrogens is 418 g/mol. The Balaban J connectivity index is 2.03. The number of nitro benzene ring substituents is 1. The number of hydrogen-bond donors (Lipinski definition) is 1. The fourth-order valence-corrected chi connectivity index (χ4v) is 2.80. The van der Waals surface area contributed by atoms with E-state index in [4.69, 9.17) is 0 Å². The molecule has 4 amide bonds. The zero-order valence-corrected chi connectivity index (χ0v) is 15.5. The van der Waals surface area contributed by atoms with E-state index in [-0.39, 0.29) is 11.3 Å². The number of halogens is 1. The third-order valence-electron chi connectivity index (χ3n) is 3.89. The Hall–Kier alpha value is -3.33. The fourth-order valence-electron chi connectivity index (χ4n) is 2.55. The van der Waals surface area contributed by atoms with Crippen molar-refractivity contribution in [3.8, 4) is 0 Å². The maximum absolute atomic E-state index is 12.8. The molecule has 1 saturated heterocycles. The molecule has 1 fully saturated rings. The summed E-state index contributed by atoms with van der Waals surface area (Å²) in [5, 5.41) is 13.0. The Morgan fingerprint density at radius 1 is 1.15 bits per heavy atom. The van der Waals surface area contributed by atoms with Crippen LogP contribution in [0.1, 0.15) is 11.1 Å². The molecule has 0 bridgehead atoms. The number of nitro groups is 1. The van der Waals surface area contributed by atoms with E-state index in [0.29, 0.717) is 11.3 Å². The molecule has 2 aromatic carbocycles. The van der Waals surface area contributed by atoms with Gasteiger partial charge in [-0.25, -0.2) is 9.69 Å². The number of benzene rings is 2. The van der Waals surface area contributed by atoms with Crippen molar-refractivity contribution < 1.29 is 19.3 Å². The summed E-state index contributed by atoms with van der Waals surface area (Å²) in [6, 6.07) is 9.51. The molecule has 9 heteroatoms. The number of rotatable bonds is 3. The van der Waals surface area contributed by atoms with Gasteiger partial charge in [0, 0.05) is 16.6 Å². The van der Waals surface area contributed by atoms with Crippen molar-refractivity contribution in [2.75, 3.05) is 4.90 Å². The predicted molar refractivity (Wildman–Crippen MR) is 101 cm³/mol. The number of non-ortho nitro benzene ring substituents is 1. The van der Waals surface area contributed by atoms with Crippen LogP contribution in [0.25, 0.3) is 6.08 Å². The van der Waals surface area contributed by atoms with Crippen LogP contribution in [0.4, 0.5) is 16.2 Å². The molecular formula is C18H12BrN3O5. The number of amides is 4. The molecule has 8 nitrogen and oxygen atoms in total. The number of imide groups is 2.